The van der Waals surface area contributed by atoms with Gasteiger partial charge >= 0.3 is 5.97 Å². The van der Waals surface area contributed by atoms with Crippen molar-refractivity contribution in [3.05, 3.63) is 36.0 Å². The third-order valence-electron chi connectivity index (χ3n) is 2.60. The molecule has 0 saturated heterocycles. The molecule has 110 valence electrons. The zero-order chi connectivity index (χ0) is 15.2. The summed E-state index contributed by atoms with van der Waals surface area (Å²) in [7, 11) is 0. The van der Waals surface area contributed by atoms with Crippen LogP contribution in [0.1, 0.15) is 12.6 Å². The van der Waals surface area contributed by atoms with Crippen molar-refractivity contribution in [2.75, 3.05) is 12.4 Å². The summed E-state index contributed by atoms with van der Waals surface area (Å²) < 4.78 is 5.40. The summed E-state index contributed by atoms with van der Waals surface area (Å²) in [6.07, 6.45) is 0. The monoisotopic (exact) mass is 304 g/mol. The predicted octanol–water partition coefficient (Wildman–Crippen LogP) is 3.03. The largest absolute Gasteiger partial charge is 0.494 e. The molecule has 0 aliphatic heterocycles. The van der Waals surface area contributed by atoms with Crippen LogP contribution in [0.4, 0.5) is 0 Å². The number of thioether (sulfide) groups is 1. The van der Waals surface area contributed by atoms with Crippen LogP contribution in [0.2, 0.25) is 0 Å². The maximum atomic E-state index is 10.6. The summed E-state index contributed by atoms with van der Waals surface area (Å²) in [5, 5.41) is 9.39. The van der Waals surface area contributed by atoms with Crippen molar-refractivity contribution in [1.29, 1.82) is 0 Å². The van der Waals surface area contributed by atoms with E-state index >= 15 is 0 Å². The van der Waals surface area contributed by atoms with E-state index in [2.05, 4.69) is 9.97 Å². The van der Waals surface area contributed by atoms with Crippen LogP contribution in [0.3, 0.4) is 0 Å². The van der Waals surface area contributed by atoms with Gasteiger partial charge in [0.05, 0.1) is 12.4 Å². The molecular formula is C15H16N2O3S. The minimum absolute atomic E-state index is 0.0147. The van der Waals surface area contributed by atoms with Crippen LogP contribution in [-0.4, -0.2) is 33.4 Å². The number of hydrogen-bond acceptors (Lipinski definition) is 5. The van der Waals surface area contributed by atoms with Crippen molar-refractivity contribution in [2.45, 2.75) is 18.9 Å². The van der Waals surface area contributed by atoms with E-state index in [9.17, 15) is 4.79 Å². The Kier molecular flexibility index (Phi) is 5.16. The zero-order valence-electron chi connectivity index (χ0n) is 11.9. The van der Waals surface area contributed by atoms with Gasteiger partial charge in [0.2, 0.25) is 0 Å². The molecule has 1 aromatic heterocycles. The van der Waals surface area contributed by atoms with Gasteiger partial charge in [-0.3, -0.25) is 4.79 Å². The van der Waals surface area contributed by atoms with Gasteiger partial charge in [-0.15, -0.1) is 0 Å². The first kappa shape index (κ1) is 15.3. The van der Waals surface area contributed by atoms with Gasteiger partial charge in [0.15, 0.2) is 5.82 Å². The maximum absolute atomic E-state index is 10.6. The highest BCUT2D eigenvalue weighted by molar-refractivity contribution is 7.99. The molecule has 0 atom stereocenters. The second-order valence-electron chi connectivity index (χ2n) is 4.31. The molecular weight excluding hydrogens is 288 g/mol. The summed E-state index contributed by atoms with van der Waals surface area (Å²) in [4.78, 5) is 19.4. The molecule has 2 aromatic rings. The van der Waals surface area contributed by atoms with Gasteiger partial charge in [-0.2, -0.15) is 0 Å². The first-order valence-corrected chi connectivity index (χ1v) is 7.50. The van der Waals surface area contributed by atoms with E-state index in [0.29, 0.717) is 17.5 Å². The standard InChI is InChI=1S/C15H16N2O3S/c1-3-20-12-6-4-11(5-7-12)15-16-10(2)8-13(17-15)21-9-14(18)19/h4-8H,3,9H2,1-2H3,(H,18,19). The average Bonchev–Trinajstić information content (AvgIpc) is 2.46. The maximum Gasteiger partial charge on any atom is 0.313 e. The van der Waals surface area contributed by atoms with Gasteiger partial charge in [-0.05, 0) is 44.2 Å². The van der Waals surface area contributed by atoms with Crippen LogP contribution in [0.25, 0.3) is 11.4 Å². The van der Waals surface area contributed by atoms with Crippen molar-refractivity contribution < 1.29 is 14.6 Å². The lowest BCUT2D eigenvalue weighted by Gasteiger charge is -2.07. The van der Waals surface area contributed by atoms with Crippen molar-refractivity contribution in [1.82, 2.24) is 9.97 Å². The van der Waals surface area contributed by atoms with Crippen LogP contribution in [0.5, 0.6) is 5.75 Å². The van der Waals surface area contributed by atoms with Crippen molar-refractivity contribution in [3.63, 3.8) is 0 Å². The van der Waals surface area contributed by atoms with E-state index in [1.165, 1.54) is 11.8 Å². The van der Waals surface area contributed by atoms with Gasteiger partial charge in [-0.1, -0.05) is 11.8 Å². The molecule has 1 heterocycles. The number of hydrogen-bond donors (Lipinski definition) is 1. The molecule has 0 aliphatic rings. The van der Waals surface area contributed by atoms with E-state index in [1.807, 2.05) is 38.1 Å². The Labute approximate surface area is 127 Å². The number of rotatable bonds is 6. The van der Waals surface area contributed by atoms with Crippen molar-refractivity contribution in [3.8, 4) is 17.1 Å². The molecule has 0 amide bonds. The number of carboxylic acid groups (broad SMARTS) is 1. The Morgan fingerprint density at radius 1 is 1.29 bits per heavy atom. The average molecular weight is 304 g/mol. The zero-order valence-corrected chi connectivity index (χ0v) is 12.7. The highest BCUT2D eigenvalue weighted by Gasteiger charge is 2.07. The molecule has 5 nitrogen and oxygen atoms in total. The summed E-state index contributed by atoms with van der Waals surface area (Å²) in [5.74, 6) is 0.512. The Balaban J connectivity index is 2.24. The molecule has 0 radical (unpaired) electrons. The topological polar surface area (TPSA) is 72.3 Å². The highest BCUT2D eigenvalue weighted by atomic mass is 32.2. The van der Waals surface area contributed by atoms with E-state index in [0.717, 1.165) is 17.0 Å². The van der Waals surface area contributed by atoms with Crippen LogP contribution in [0, 0.1) is 6.92 Å². The van der Waals surface area contributed by atoms with Gasteiger partial charge < -0.3 is 9.84 Å². The molecule has 1 N–H and O–H groups in total. The number of ether oxygens (including phenoxy) is 1. The molecule has 1 aromatic carbocycles. The summed E-state index contributed by atoms with van der Waals surface area (Å²) >= 11 is 1.19. The third-order valence-corrected chi connectivity index (χ3v) is 3.49. The van der Waals surface area contributed by atoms with E-state index in [-0.39, 0.29) is 5.75 Å². The van der Waals surface area contributed by atoms with E-state index in [1.54, 1.807) is 6.07 Å². The Morgan fingerprint density at radius 3 is 2.62 bits per heavy atom. The molecule has 0 unspecified atom stereocenters. The van der Waals surface area contributed by atoms with E-state index in [4.69, 9.17) is 9.84 Å². The summed E-state index contributed by atoms with van der Waals surface area (Å²) in [6.45, 7) is 4.42. The van der Waals surface area contributed by atoms with Crippen LogP contribution in [-0.2, 0) is 4.79 Å². The number of aryl methyl sites for hydroxylation is 1. The molecule has 0 fully saturated rings. The Bertz CT molecular complexity index is 629. The fourth-order valence-corrected chi connectivity index (χ4v) is 2.42. The van der Waals surface area contributed by atoms with Gasteiger partial charge in [0, 0.05) is 11.3 Å². The fraction of sp³-hybridized carbons (Fsp3) is 0.267. The van der Waals surface area contributed by atoms with Crippen LogP contribution >= 0.6 is 11.8 Å². The third kappa shape index (κ3) is 4.46. The number of carboxylic acids is 1. The number of nitrogens with zero attached hydrogens (tertiary/aromatic N) is 2. The summed E-state index contributed by atoms with van der Waals surface area (Å²) in [5.41, 5.74) is 1.68. The minimum atomic E-state index is -0.862. The molecule has 2 rings (SSSR count). The number of carbonyl (C=O) groups is 1. The number of aliphatic carboxylic acids is 1. The molecule has 21 heavy (non-hydrogen) atoms. The second kappa shape index (κ2) is 7.08. The second-order valence-corrected chi connectivity index (χ2v) is 5.31. The molecule has 0 bridgehead atoms. The molecule has 0 spiro atoms. The predicted molar refractivity (Wildman–Crippen MR) is 81.7 cm³/mol. The minimum Gasteiger partial charge on any atom is -0.494 e. The lowest BCUT2D eigenvalue weighted by atomic mass is 10.2. The Hall–Kier alpha value is -2.08. The quantitative estimate of drug-likeness (QED) is 0.653. The fourth-order valence-electron chi connectivity index (χ4n) is 1.75. The highest BCUT2D eigenvalue weighted by Crippen LogP contribution is 2.23. The first-order chi connectivity index (χ1) is 10.1. The van der Waals surface area contributed by atoms with Crippen molar-refractivity contribution >= 4 is 17.7 Å². The number of benzene rings is 1. The normalized spacial score (nSPS) is 10.4. The van der Waals surface area contributed by atoms with Crippen molar-refractivity contribution in [2.24, 2.45) is 0 Å². The van der Waals surface area contributed by atoms with E-state index < -0.39 is 5.97 Å². The van der Waals surface area contributed by atoms with Crippen LogP contribution < -0.4 is 4.74 Å². The number of aromatic nitrogens is 2. The molecule has 0 saturated carbocycles. The van der Waals surface area contributed by atoms with Gasteiger partial charge in [0.25, 0.3) is 0 Å². The molecule has 6 heteroatoms. The summed E-state index contributed by atoms with van der Waals surface area (Å²) in [6, 6.07) is 9.31. The first-order valence-electron chi connectivity index (χ1n) is 6.52. The lowest BCUT2D eigenvalue weighted by molar-refractivity contribution is -0.133. The van der Waals surface area contributed by atoms with Crippen LogP contribution in [0.15, 0.2) is 35.4 Å². The molecule has 0 aliphatic carbocycles. The Morgan fingerprint density at radius 2 is 2.00 bits per heavy atom. The van der Waals surface area contributed by atoms with Gasteiger partial charge in [0.1, 0.15) is 10.8 Å². The smallest absolute Gasteiger partial charge is 0.313 e. The lowest BCUT2D eigenvalue weighted by Crippen LogP contribution is -2.00. The SMILES string of the molecule is CCOc1ccc(-c2nc(C)cc(SCC(=O)O)n2)cc1. The van der Waals surface area contributed by atoms with Gasteiger partial charge in [-0.25, -0.2) is 9.97 Å².